The van der Waals surface area contributed by atoms with Crippen molar-refractivity contribution >= 4 is 17.7 Å². The van der Waals surface area contributed by atoms with Gasteiger partial charge in [0.1, 0.15) is 23.6 Å². The Morgan fingerprint density at radius 2 is 1.53 bits per heavy atom. The Morgan fingerprint density at radius 3 is 2.14 bits per heavy atom. The Labute approximate surface area is 250 Å². The van der Waals surface area contributed by atoms with Crippen molar-refractivity contribution in [3.05, 3.63) is 95.6 Å². The first-order valence-electron chi connectivity index (χ1n) is 14.3. The predicted molar refractivity (Wildman–Crippen MR) is 160 cm³/mol. The van der Waals surface area contributed by atoms with Crippen LogP contribution in [0, 0.1) is 0 Å². The van der Waals surface area contributed by atoms with Crippen molar-refractivity contribution in [3.63, 3.8) is 0 Å². The summed E-state index contributed by atoms with van der Waals surface area (Å²) in [7, 11) is 3.58. The van der Waals surface area contributed by atoms with Crippen LogP contribution in [0.4, 0.5) is 8.78 Å². The molecule has 3 aromatic rings. The molecule has 1 aliphatic heterocycles. The summed E-state index contributed by atoms with van der Waals surface area (Å²) in [6.45, 7) is -0.173. The number of carbonyl (C=O) groups is 3. The molecule has 0 aromatic heterocycles. The van der Waals surface area contributed by atoms with Crippen LogP contribution in [0.15, 0.2) is 78.9 Å². The maximum absolute atomic E-state index is 13.7. The van der Waals surface area contributed by atoms with Crippen LogP contribution in [0.25, 0.3) is 0 Å². The summed E-state index contributed by atoms with van der Waals surface area (Å²) in [6, 6.07) is 21.3. The summed E-state index contributed by atoms with van der Waals surface area (Å²) >= 11 is 0. The molecule has 4 bridgehead atoms. The first kappa shape index (κ1) is 31.6. The molecule has 3 aromatic carbocycles. The quantitative estimate of drug-likeness (QED) is 0.387. The molecule has 43 heavy (non-hydrogen) atoms. The van der Waals surface area contributed by atoms with E-state index >= 15 is 0 Å². The van der Waals surface area contributed by atoms with Gasteiger partial charge in [-0.3, -0.25) is 19.3 Å². The van der Waals surface area contributed by atoms with Crippen LogP contribution in [-0.4, -0.2) is 67.3 Å². The number of likely N-dealkylation sites (N-methyl/N-ethyl adjacent to an activating group) is 1. The number of ether oxygens (including phenoxy) is 1. The summed E-state index contributed by atoms with van der Waals surface area (Å²) in [6.07, 6.45) is 1.14. The van der Waals surface area contributed by atoms with Crippen molar-refractivity contribution in [2.75, 3.05) is 20.6 Å². The number of amides is 3. The summed E-state index contributed by atoms with van der Waals surface area (Å²) in [4.78, 5) is 42.3. The molecule has 3 amide bonds. The summed E-state index contributed by atoms with van der Waals surface area (Å²) in [5.41, 5.74) is 2.51. The minimum absolute atomic E-state index is 0.0176. The lowest BCUT2D eigenvalue weighted by molar-refractivity contribution is -0.133. The Balaban J connectivity index is 1.70. The van der Waals surface area contributed by atoms with E-state index in [0.29, 0.717) is 36.8 Å². The van der Waals surface area contributed by atoms with E-state index in [9.17, 15) is 23.2 Å². The first-order valence-corrected chi connectivity index (χ1v) is 14.3. The van der Waals surface area contributed by atoms with E-state index in [1.165, 1.54) is 0 Å². The third-order valence-electron chi connectivity index (χ3n) is 7.23. The highest BCUT2D eigenvalue weighted by molar-refractivity contribution is 5.93. The highest BCUT2D eigenvalue weighted by atomic mass is 19.3. The summed E-state index contributed by atoms with van der Waals surface area (Å²) in [5.74, 6) is -3.73. The molecule has 0 radical (unpaired) electrons. The summed E-state index contributed by atoms with van der Waals surface area (Å²) < 4.78 is 33.3. The van der Waals surface area contributed by atoms with Gasteiger partial charge in [0.05, 0.1) is 12.6 Å². The third kappa shape index (κ3) is 9.61. The Hall–Kier alpha value is -4.31. The zero-order valence-corrected chi connectivity index (χ0v) is 24.6. The molecule has 8 nitrogen and oxygen atoms in total. The van der Waals surface area contributed by atoms with Gasteiger partial charge in [-0.1, -0.05) is 54.6 Å². The van der Waals surface area contributed by atoms with E-state index in [-0.39, 0.29) is 18.7 Å². The molecule has 228 valence electrons. The number of hydrogen-bond donors (Lipinski definition) is 3. The number of carbonyl (C=O) groups excluding carboxylic acids is 3. The van der Waals surface area contributed by atoms with Gasteiger partial charge < -0.3 is 20.7 Å². The average molecular weight is 593 g/mol. The number of alkyl halides is 2. The molecule has 0 aliphatic carbocycles. The minimum Gasteiger partial charge on any atom is -0.457 e. The van der Waals surface area contributed by atoms with Gasteiger partial charge in [-0.05, 0) is 74.3 Å². The average Bonchev–Trinajstić information content (AvgIpc) is 2.96. The fraction of sp³-hybridized carbons (Fsp3) is 0.364. The highest BCUT2D eigenvalue weighted by Crippen LogP contribution is 2.25. The second kappa shape index (κ2) is 14.2. The zero-order chi connectivity index (χ0) is 31.0. The number of fused-ring (bicyclic) bond motifs is 4. The van der Waals surface area contributed by atoms with E-state index in [2.05, 4.69) is 16.0 Å². The molecule has 10 heteroatoms. The monoisotopic (exact) mass is 592 g/mol. The molecule has 0 unspecified atom stereocenters. The Morgan fingerprint density at radius 1 is 0.907 bits per heavy atom. The molecular formula is C33H38F2N4O4. The van der Waals surface area contributed by atoms with Crippen LogP contribution >= 0.6 is 0 Å². The number of nitrogens with one attached hydrogen (secondary N) is 3. The Bertz CT molecular complexity index is 1410. The molecule has 0 saturated heterocycles. The van der Waals surface area contributed by atoms with Gasteiger partial charge >= 0.3 is 0 Å². The Kier molecular flexibility index (Phi) is 10.5. The number of nitrogens with zero attached hydrogens (tertiary/aromatic N) is 1. The minimum atomic E-state index is -3.13. The van der Waals surface area contributed by atoms with Crippen LogP contribution in [0.2, 0.25) is 0 Å². The molecule has 1 aliphatic rings. The van der Waals surface area contributed by atoms with Crippen molar-refractivity contribution in [1.82, 2.24) is 20.9 Å². The van der Waals surface area contributed by atoms with Gasteiger partial charge in [0, 0.05) is 13.3 Å². The van der Waals surface area contributed by atoms with Crippen LogP contribution in [0.5, 0.6) is 11.5 Å². The lowest BCUT2D eigenvalue weighted by Crippen LogP contribution is -2.57. The van der Waals surface area contributed by atoms with Crippen molar-refractivity contribution in [3.8, 4) is 11.5 Å². The number of aryl methyl sites for hydroxylation is 1. The van der Waals surface area contributed by atoms with Crippen LogP contribution in [-0.2, 0) is 33.6 Å². The number of benzene rings is 3. The molecule has 4 rings (SSSR count). The van der Waals surface area contributed by atoms with Gasteiger partial charge in [-0.15, -0.1) is 0 Å². The van der Waals surface area contributed by atoms with Gasteiger partial charge in [-0.25, -0.2) is 8.78 Å². The molecule has 3 N–H and O–H groups in total. The highest BCUT2D eigenvalue weighted by Gasteiger charge is 2.31. The predicted octanol–water partition coefficient (Wildman–Crippen LogP) is 3.88. The van der Waals surface area contributed by atoms with E-state index in [1.807, 2.05) is 54.6 Å². The standard InChI is InChI=1S/C33H38F2N4O4/c1-33(34,35)21-36-30(40)28-19-23-11-7-13-25(17-23)43-26-14-8-12-24(18-26)20-29(39(2)3)32(42)37-27(31(41)38-28)16-15-22-9-5-4-6-10-22/h4-14,17-18,27-29H,15-16,19-21H2,1-3H3,(H,36,40)(H,37,42)(H,38,41)/t27-,28-,29-/m0/s1. The first-order chi connectivity index (χ1) is 20.5. The molecule has 0 saturated carbocycles. The second-order valence-electron chi connectivity index (χ2n) is 11.2. The van der Waals surface area contributed by atoms with Gasteiger partial charge in [0.2, 0.25) is 17.7 Å². The lowest BCUT2D eigenvalue weighted by atomic mass is 10.00. The normalized spacial score (nSPS) is 19.6. The lowest BCUT2D eigenvalue weighted by Gasteiger charge is -2.28. The van der Waals surface area contributed by atoms with E-state index < -0.39 is 42.4 Å². The van der Waals surface area contributed by atoms with Gasteiger partial charge in [0.15, 0.2) is 0 Å². The van der Waals surface area contributed by atoms with E-state index in [0.717, 1.165) is 11.1 Å². The largest absolute Gasteiger partial charge is 0.457 e. The number of hydrogen-bond acceptors (Lipinski definition) is 5. The van der Waals surface area contributed by atoms with Crippen molar-refractivity contribution in [2.45, 2.75) is 56.7 Å². The van der Waals surface area contributed by atoms with Crippen LogP contribution in [0.3, 0.4) is 0 Å². The summed E-state index contributed by atoms with van der Waals surface area (Å²) in [5, 5.41) is 7.89. The van der Waals surface area contributed by atoms with E-state index in [4.69, 9.17) is 4.74 Å². The molecule has 0 fully saturated rings. The molecule has 3 atom stereocenters. The van der Waals surface area contributed by atoms with Crippen LogP contribution < -0.4 is 20.7 Å². The molecule has 0 spiro atoms. The molecule has 1 heterocycles. The van der Waals surface area contributed by atoms with Crippen molar-refractivity contribution in [1.29, 1.82) is 0 Å². The van der Waals surface area contributed by atoms with Crippen molar-refractivity contribution < 1.29 is 27.9 Å². The van der Waals surface area contributed by atoms with Crippen LogP contribution in [0.1, 0.15) is 30.0 Å². The maximum Gasteiger partial charge on any atom is 0.262 e. The fourth-order valence-electron chi connectivity index (χ4n) is 4.92. The van der Waals surface area contributed by atoms with Gasteiger partial charge in [-0.2, -0.15) is 0 Å². The SMILES string of the molecule is CN(C)[C@H]1Cc2cccc(c2)Oc2cccc(c2)C[C@@H](C(=O)NCC(C)(F)F)NC(=O)[C@H](CCc2ccccc2)NC1=O. The number of rotatable bonds is 7. The zero-order valence-electron chi connectivity index (χ0n) is 24.6. The number of halogens is 2. The smallest absolute Gasteiger partial charge is 0.262 e. The van der Waals surface area contributed by atoms with E-state index in [1.54, 1.807) is 43.3 Å². The topological polar surface area (TPSA) is 99.8 Å². The third-order valence-corrected chi connectivity index (χ3v) is 7.23. The van der Waals surface area contributed by atoms with Crippen molar-refractivity contribution in [2.24, 2.45) is 0 Å². The fourth-order valence-corrected chi connectivity index (χ4v) is 4.92. The maximum atomic E-state index is 13.7. The van der Waals surface area contributed by atoms with Gasteiger partial charge in [0.25, 0.3) is 5.92 Å². The molecular weight excluding hydrogens is 554 g/mol. The second-order valence-corrected chi connectivity index (χ2v) is 11.2.